The largest absolute Gasteiger partial charge is 0.361 e. The van der Waals surface area contributed by atoms with Gasteiger partial charge in [0.2, 0.25) is 0 Å². The Labute approximate surface area is 101 Å². The lowest BCUT2D eigenvalue weighted by Crippen LogP contribution is -1.93. The van der Waals surface area contributed by atoms with E-state index in [-0.39, 0.29) is 5.78 Å². The normalized spacial score (nSPS) is 11.4. The average Bonchev–Trinajstić information content (AvgIpc) is 2.73. The molecule has 2 nitrogen and oxygen atoms in total. The van der Waals surface area contributed by atoms with Crippen molar-refractivity contribution in [2.75, 3.05) is 0 Å². The number of H-pyrrole nitrogens is 1. The highest BCUT2D eigenvalue weighted by Crippen LogP contribution is 2.19. The number of hydrogen-bond donors (Lipinski definition) is 1. The fourth-order valence-corrected chi connectivity index (χ4v) is 2.06. The first-order valence-electron chi connectivity index (χ1n) is 6.02. The van der Waals surface area contributed by atoms with E-state index in [4.69, 9.17) is 0 Å². The summed E-state index contributed by atoms with van der Waals surface area (Å²) in [5, 5.41) is 1.27. The van der Waals surface area contributed by atoms with E-state index in [1.807, 2.05) is 25.3 Å². The van der Waals surface area contributed by atoms with Crippen molar-refractivity contribution in [2.45, 2.75) is 26.2 Å². The van der Waals surface area contributed by atoms with E-state index in [0.29, 0.717) is 6.42 Å². The topological polar surface area (TPSA) is 32.9 Å². The van der Waals surface area contributed by atoms with Crippen molar-refractivity contribution in [1.29, 1.82) is 0 Å². The fourth-order valence-electron chi connectivity index (χ4n) is 2.06. The number of carbonyl (C=O) groups is 1. The zero-order valence-electron chi connectivity index (χ0n) is 10.1. The minimum absolute atomic E-state index is 0.215. The lowest BCUT2D eigenvalue weighted by atomic mass is 10.1. The number of fused-ring (bicyclic) bond motifs is 1. The van der Waals surface area contributed by atoms with Gasteiger partial charge in [-0.1, -0.05) is 24.3 Å². The third kappa shape index (κ3) is 2.84. The van der Waals surface area contributed by atoms with Crippen LogP contribution in [0.5, 0.6) is 0 Å². The van der Waals surface area contributed by atoms with Crippen molar-refractivity contribution in [3.05, 3.63) is 48.2 Å². The Morgan fingerprint density at radius 2 is 2.18 bits per heavy atom. The Kier molecular flexibility index (Phi) is 3.76. The first kappa shape index (κ1) is 11.6. The number of aromatic nitrogens is 1. The van der Waals surface area contributed by atoms with Crippen molar-refractivity contribution in [3.8, 4) is 0 Å². The molecule has 0 fully saturated rings. The summed E-state index contributed by atoms with van der Waals surface area (Å²) in [6.45, 7) is 1.87. The van der Waals surface area contributed by atoms with Crippen LogP contribution in [-0.4, -0.2) is 10.8 Å². The van der Waals surface area contributed by atoms with Crippen LogP contribution < -0.4 is 0 Å². The van der Waals surface area contributed by atoms with Crippen molar-refractivity contribution in [1.82, 2.24) is 4.98 Å². The van der Waals surface area contributed by atoms with Crippen LogP contribution in [0.25, 0.3) is 10.9 Å². The van der Waals surface area contributed by atoms with E-state index in [1.54, 1.807) is 12.2 Å². The molecular formula is C15H17NO. The lowest BCUT2D eigenvalue weighted by Gasteiger charge is -1.98. The number of hydrogen-bond acceptors (Lipinski definition) is 1. The van der Waals surface area contributed by atoms with Crippen molar-refractivity contribution < 1.29 is 4.79 Å². The Morgan fingerprint density at radius 3 is 3.00 bits per heavy atom. The van der Waals surface area contributed by atoms with Crippen LogP contribution in [0.3, 0.4) is 0 Å². The molecule has 1 aromatic heterocycles. The van der Waals surface area contributed by atoms with Gasteiger partial charge >= 0.3 is 0 Å². The number of para-hydroxylation sites is 1. The number of rotatable bonds is 5. The van der Waals surface area contributed by atoms with E-state index in [0.717, 1.165) is 12.8 Å². The number of ketones is 1. The molecule has 0 unspecified atom stereocenters. The van der Waals surface area contributed by atoms with E-state index < -0.39 is 0 Å². The van der Waals surface area contributed by atoms with Gasteiger partial charge in [0.05, 0.1) is 0 Å². The molecule has 0 spiro atoms. The van der Waals surface area contributed by atoms with E-state index in [2.05, 4.69) is 17.1 Å². The minimum atomic E-state index is 0.215. The average molecular weight is 227 g/mol. The Hall–Kier alpha value is -1.83. The predicted octanol–water partition coefficient (Wildman–Crippen LogP) is 3.64. The summed E-state index contributed by atoms with van der Waals surface area (Å²) in [4.78, 5) is 14.6. The second kappa shape index (κ2) is 5.48. The molecule has 0 aliphatic rings. The Morgan fingerprint density at radius 1 is 1.35 bits per heavy atom. The van der Waals surface area contributed by atoms with Gasteiger partial charge in [-0.25, -0.2) is 0 Å². The monoisotopic (exact) mass is 227 g/mol. The first-order valence-corrected chi connectivity index (χ1v) is 6.02. The van der Waals surface area contributed by atoms with Crippen LogP contribution >= 0.6 is 0 Å². The second-order valence-corrected chi connectivity index (χ2v) is 4.18. The Bertz CT molecular complexity index is 537. The summed E-state index contributed by atoms with van der Waals surface area (Å²) >= 11 is 0. The molecule has 0 aliphatic carbocycles. The number of aromatic amines is 1. The second-order valence-electron chi connectivity index (χ2n) is 4.18. The van der Waals surface area contributed by atoms with Gasteiger partial charge < -0.3 is 4.98 Å². The maximum Gasteiger partial charge on any atom is 0.155 e. The number of aryl methyl sites for hydroxylation is 1. The smallest absolute Gasteiger partial charge is 0.155 e. The third-order valence-corrected chi connectivity index (χ3v) is 2.90. The van der Waals surface area contributed by atoms with Crippen LogP contribution in [0.15, 0.2) is 42.6 Å². The van der Waals surface area contributed by atoms with Gasteiger partial charge in [0.15, 0.2) is 5.78 Å². The molecule has 17 heavy (non-hydrogen) atoms. The molecule has 0 radical (unpaired) electrons. The summed E-state index contributed by atoms with van der Waals surface area (Å²) in [5.41, 5.74) is 2.47. The van der Waals surface area contributed by atoms with Gasteiger partial charge in [0.1, 0.15) is 0 Å². The van der Waals surface area contributed by atoms with E-state index in [1.165, 1.54) is 16.5 Å². The maximum atomic E-state index is 11.3. The molecule has 1 aromatic carbocycles. The molecule has 0 amide bonds. The highest BCUT2D eigenvalue weighted by molar-refractivity contribution is 5.89. The van der Waals surface area contributed by atoms with Gasteiger partial charge in [-0.05, 0) is 37.5 Å². The molecule has 1 N–H and O–H groups in total. The van der Waals surface area contributed by atoms with Crippen LogP contribution in [0.1, 0.15) is 25.3 Å². The van der Waals surface area contributed by atoms with E-state index >= 15 is 0 Å². The third-order valence-electron chi connectivity index (χ3n) is 2.90. The van der Waals surface area contributed by atoms with Crippen molar-refractivity contribution >= 4 is 16.7 Å². The van der Waals surface area contributed by atoms with Crippen LogP contribution in [0, 0.1) is 0 Å². The molecule has 2 rings (SSSR count). The van der Waals surface area contributed by atoms with Crippen LogP contribution in [0.4, 0.5) is 0 Å². The van der Waals surface area contributed by atoms with Crippen LogP contribution in [-0.2, 0) is 11.2 Å². The van der Waals surface area contributed by atoms with Gasteiger partial charge in [0.25, 0.3) is 0 Å². The molecule has 0 bridgehead atoms. The predicted molar refractivity (Wildman–Crippen MR) is 71.1 cm³/mol. The first-order chi connectivity index (χ1) is 8.31. The summed E-state index contributed by atoms with van der Waals surface area (Å²) in [5.74, 6) is 0.215. The van der Waals surface area contributed by atoms with E-state index in [9.17, 15) is 4.79 Å². The molecule has 0 saturated carbocycles. The van der Waals surface area contributed by atoms with Crippen molar-refractivity contribution in [2.24, 2.45) is 0 Å². The summed E-state index contributed by atoms with van der Waals surface area (Å²) in [7, 11) is 0. The van der Waals surface area contributed by atoms with Gasteiger partial charge in [0, 0.05) is 23.5 Å². The molecule has 0 saturated heterocycles. The fraction of sp³-hybridized carbons (Fsp3) is 0.267. The minimum Gasteiger partial charge on any atom is -0.361 e. The highest BCUT2D eigenvalue weighted by atomic mass is 16.1. The molecule has 0 atom stereocenters. The van der Waals surface area contributed by atoms with Gasteiger partial charge in [-0.2, -0.15) is 0 Å². The molecule has 1 heterocycles. The van der Waals surface area contributed by atoms with Crippen molar-refractivity contribution in [3.63, 3.8) is 0 Å². The summed E-state index contributed by atoms with van der Waals surface area (Å²) in [6, 6.07) is 8.27. The zero-order valence-corrected chi connectivity index (χ0v) is 10.1. The number of allylic oxidation sites excluding steroid dienone is 2. The van der Waals surface area contributed by atoms with Gasteiger partial charge in [-0.3, -0.25) is 4.79 Å². The highest BCUT2D eigenvalue weighted by Gasteiger charge is 2.03. The molecule has 2 aromatic rings. The van der Waals surface area contributed by atoms with Crippen LogP contribution in [0.2, 0.25) is 0 Å². The molecule has 0 aliphatic heterocycles. The molecule has 88 valence electrons. The number of benzene rings is 1. The van der Waals surface area contributed by atoms with Gasteiger partial charge in [-0.15, -0.1) is 0 Å². The summed E-state index contributed by atoms with van der Waals surface area (Å²) < 4.78 is 0. The zero-order chi connectivity index (χ0) is 12.1. The lowest BCUT2D eigenvalue weighted by molar-refractivity contribution is -0.114. The SMILES string of the molecule is C/C=C/C(=O)CCCc1c[nH]c2ccccc12. The molecular weight excluding hydrogens is 210 g/mol. The number of carbonyl (C=O) groups excluding carboxylic acids is 1. The molecule has 2 heteroatoms. The summed E-state index contributed by atoms with van der Waals surface area (Å²) in [6.07, 6.45) is 7.98. The standard InChI is InChI=1S/C15H17NO/c1-2-6-13(17)8-5-7-12-11-16-15-10-4-3-9-14(12)15/h2-4,6,9-11,16H,5,7-8H2,1H3/b6-2+. The Balaban J connectivity index is 1.97. The number of nitrogens with one attached hydrogen (secondary N) is 1. The maximum absolute atomic E-state index is 11.3. The quantitative estimate of drug-likeness (QED) is 0.777.